The third kappa shape index (κ3) is 2.19. The standard InChI is InChI=1S/C9H19NO2/c1-7(2)10-6-9(12)5-3-4-8(9)11/h7-8,10-12H,3-6H2,1-2H3/t8-,9-/m0/s1. The van der Waals surface area contributed by atoms with Gasteiger partial charge in [0.15, 0.2) is 0 Å². The van der Waals surface area contributed by atoms with Crippen LogP contribution in [0, 0.1) is 0 Å². The Hall–Kier alpha value is -0.120. The van der Waals surface area contributed by atoms with Crippen molar-refractivity contribution in [3.8, 4) is 0 Å². The molecule has 1 rings (SSSR count). The fraction of sp³-hybridized carbons (Fsp3) is 1.00. The van der Waals surface area contributed by atoms with Gasteiger partial charge in [-0.15, -0.1) is 0 Å². The molecule has 0 spiro atoms. The maximum absolute atomic E-state index is 9.90. The summed E-state index contributed by atoms with van der Waals surface area (Å²) in [6.07, 6.45) is 1.84. The summed E-state index contributed by atoms with van der Waals surface area (Å²) in [6, 6.07) is 0.363. The monoisotopic (exact) mass is 173 g/mol. The van der Waals surface area contributed by atoms with E-state index in [9.17, 15) is 10.2 Å². The molecule has 2 atom stereocenters. The molecule has 1 fully saturated rings. The van der Waals surface area contributed by atoms with E-state index in [4.69, 9.17) is 0 Å². The first-order valence-electron chi connectivity index (χ1n) is 4.68. The Morgan fingerprint density at radius 1 is 1.58 bits per heavy atom. The molecule has 0 heterocycles. The molecular formula is C9H19NO2. The van der Waals surface area contributed by atoms with Crippen molar-refractivity contribution < 1.29 is 10.2 Å². The van der Waals surface area contributed by atoms with Crippen molar-refractivity contribution in [3.63, 3.8) is 0 Å². The molecule has 1 saturated carbocycles. The quantitative estimate of drug-likeness (QED) is 0.574. The van der Waals surface area contributed by atoms with Crippen molar-refractivity contribution in [2.75, 3.05) is 6.54 Å². The van der Waals surface area contributed by atoms with E-state index in [0.717, 1.165) is 12.8 Å². The molecule has 0 radical (unpaired) electrons. The molecule has 1 aliphatic carbocycles. The van der Waals surface area contributed by atoms with Gasteiger partial charge < -0.3 is 15.5 Å². The maximum Gasteiger partial charge on any atom is 0.103 e. The van der Waals surface area contributed by atoms with E-state index in [-0.39, 0.29) is 0 Å². The van der Waals surface area contributed by atoms with Gasteiger partial charge in [-0.05, 0) is 19.3 Å². The van der Waals surface area contributed by atoms with Crippen LogP contribution in [0.5, 0.6) is 0 Å². The molecule has 0 saturated heterocycles. The summed E-state index contributed by atoms with van der Waals surface area (Å²) in [7, 11) is 0. The minimum atomic E-state index is -0.871. The molecule has 3 nitrogen and oxygen atoms in total. The van der Waals surface area contributed by atoms with Crippen LogP contribution >= 0.6 is 0 Å². The Morgan fingerprint density at radius 3 is 2.67 bits per heavy atom. The second-order valence-corrected chi connectivity index (χ2v) is 4.05. The third-order valence-electron chi connectivity index (χ3n) is 2.52. The van der Waals surface area contributed by atoms with Gasteiger partial charge >= 0.3 is 0 Å². The normalized spacial score (nSPS) is 36.2. The fourth-order valence-corrected chi connectivity index (χ4v) is 1.62. The highest BCUT2D eigenvalue weighted by atomic mass is 16.3. The van der Waals surface area contributed by atoms with Crippen molar-refractivity contribution in [2.24, 2.45) is 0 Å². The highest BCUT2D eigenvalue weighted by molar-refractivity contribution is 4.94. The fourth-order valence-electron chi connectivity index (χ4n) is 1.62. The molecule has 0 aromatic carbocycles. The van der Waals surface area contributed by atoms with E-state index in [1.165, 1.54) is 0 Å². The number of hydrogen-bond donors (Lipinski definition) is 3. The van der Waals surface area contributed by atoms with Crippen LogP contribution in [0.25, 0.3) is 0 Å². The van der Waals surface area contributed by atoms with Gasteiger partial charge in [-0.3, -0.25) is 0 Å². The number of aliphatic hydroxyl groups excluding tert-OH is 1. The first-order chi connectivity index (χ1) is 5.54. The first kappa shape index (κ1) is 9.96. The molecule has 72 valence electrons. The summed E-state index contributed by atoms with van der Waals surface area (Å²) < 4.78 is 0. The average molecular weight is 173 g/mol. The Morgan fingerprint density at radius 2 is 2.25 bits per heavy atom. The zero-order valence-electron chi connectivity index (χ0n) is 7.88. The van der Waals surface area contributed by atoms with E-state index in [1.54, 1.807) is 0 Å². The Balaban J connectivity index is 2.37. The number of rotatable bonds is 3. The Labute approximate surface area is 73.8 Å². The van der Waals surface area contributed by atoms with E-state index < -0.39 is 11.7 Å². The first-order valence-corrected chi connectivity index (χ1v) is 4.68. The summed E-state index contributed by atoms with van der Waals surface area (Å²) in [6.45, 7) is 4.57. The highest BCUT2D eigenvalue weighted by Crippen LogP contribution is 2.29. The predicted molar refractivity (Wildman–Crippen MR) is 47.9 cm³/mol. The lowest BCUT2D eigenvalue weighted by Crippen LogP contribution is -2.48. The molecule has 3 heteroatoms. The SMILES string of the molecule is CC(C)NC[C@@]1(O)CCC[C@@H]1O. The molecule has 1 aliphatic rings. The second kappa shape index (κ2) is 3.73. The van der Waals surface area contributed by atoms with Crippen LogP contribution < -0.4 is 5.32 Å². The molecule has 0 aromatic rings. The minimum absolute atomic E-state index is 0.363. The van der Waals surface area contributed by atoms with Gasteiger partial charge in [-0.25, -0.2) is 0 Å². The summed E-state index contributed by atoms with van der Waals surface area (Å²) >= 11 is 0. The zero-order chi connectivity index (χ0) is 9.19. The van der Waals surface area contributed by atoms with Gasteiger partial charge in [0, 0.05) is 12.6 Å². The molecule has 0 unspecified atom stereocenters. The highest BCUT2D eigenvalue weighted by Gasteiger charge is 2.39. The molecule has 3 N–H and O–H groups in total. The lowest BCUT2D eigenvalue weighted by Gasteiger charge is -2.27. The van der Waals surface area contributed by atoms with Gasteiger partial charge in [0.1, 0.15) is 5.60 Å². The smallest absolute Gasteiger partial charge is 0.103 e. The third-order valence-corrected chi connectivity index (χ3v) is 2.52. The molecule has 0 amide bonds. The van der Waals surface area contributed by atoms with E-state index >= 15 is 0 Å². The van der Waals surface area contributed by atoms with Crippen LogP contribution in [0.3, 0.4) is 0 Å². The predicted octanol–water partition coefficient (Wildman–Crippen LogP) is 0.260. The van der Waals surface area contributed by atoms with E-state index in [2.05, 4.69) is 5.32 Å². The van der Waals surface area contributed by atoms with Crippen LogP contribution in [0.15, 0.2) is 0 Å². The average Bonchev–Trinajstić information content (AvgIpc) is 2.30. The lowest BCUT2D eigenvalue weighted by atomic mass is 10.00. The number of hydrogen-bond acceptors (Lipinski definition) is 3. The Kier molecular flexibility index (Phi) is 3.09. The van der Waals surface area contributed by atoms with E-state index in [0.29, 0.717) is 19.0 Å². The van der Waals surface area contributed by atoms with Gasteiger partial charge in [0.05, 0.1) is 6.10 Å². The maximum atomic E-state index is 9.90. The molecular weight excluding hydrogens is 154 g/mol. The zero-order valence-corrected chi connectivity index (χ0v) is 7.88. The van der Waals surface area contributed by atoms with Crippen LogP contribution in [0.4, 0.5) is 0 Å². The van der Waals surface area contributed by atoms with Crippen molar-refractivity contribution in [1.29, 1.82) is 0 Å². The van der Waals surface area contributed by atoms with E-state index in [1.807, 2.05) is 13.8 Å². The molecule has 0 bridgehead atoms. The largest absolute Gasteiger partial charge is 0.390 e. The van der Waals surface area contributed by atoms with Crippen molar-refractivity contribution in [2.45, 2.75) is 50.9 Å². The van der Waals surface area contributed by atoms with Gasteiger partial charge in [0.2, 0.25) is 0 Å². The second-order valence-electron chi connectivity index (χ2n) is 4.05. The topological polar surface area (TPSA) is 52.5 Å². The lowest BCUT2D eigenvalue weighted by molar-refractivity contribution is -0.0520. The molecule has 0 aromatic heterocycles. The number of nitrogens with one attached hydrogen (secondary N) is 1. The van der Waals surface area contributed by atoms with Gasteiger partial charge in [-0.2, -0.15) is 0 Å². The summed E-state index contributed by atoms with van der Waals surface area (Å²) in [5, 5.41) is 22.5. The summed E-state index contributed by atoms with van der Waals surface area (Å²) in [5.41, 5.74) is -0.871. The van der Waals surface area contributed by atoms with Crippen molar-refractivity contribution in [3.05, 3.63) is 0 Å². The van der Waals surface area contributed by atoms with Crippen molar-refractivity contribution >= 4 is 0 Å². The van der Waals surface area contributed by atoms with Crippen LogP contribution in [-0.2, 0) is 0 Å². The molecule has 0 aliphatic heterocycles. The van der Waals surface area contributed by atoms with Crippen LogP contribution in [0.2, 0.25) is 0 Å². The molecule has 12 heavy (non-hydrogen) atoms. The van der Waals surface area contributed by atoms with Crippen molar-refractivity contribution in [1.82, 2.24) is 5.32 Å². The van der Waals surface area contributed by atoms with Crippen LogP contribution in [0.1, 0.15) is 33.1 Å². The summed E-state index contributed by atoms with van der Waals surface area (Å²) in [5.74, 6) is 0. The van der Waals surface area contributed by atoms with Gasteiger partial charge in [-0.1, -0.05) is 13.8 Å². The van der Waals surface area contributed by atoms with Gasteiger partial charge in [0.25, 0.3) is 0 Å². The minimum Gasteiger partial charge on any atom is -0.390 e. The van der Waals surface area contributed by atoms with Crippen LogP contribution in [-0.4, -0.2) is 34.5 Å². The summed E-state index contributed by atoms with van der Waals surface area (Å²) in [4.78, 5) is 0. The Bertz CT molecular complexity index is 149. The number of aliphatic hydroxyl groups is 2.